The maximum atomic E-state index is 12.5. The lowest BCUT2D eigenvalue weighted by atomic mass is 9.96. The predicted molar refractivity (Wildman–Crippen MR) is 120 cm³/mol. The van der Waals surface area contributed by atoms with Crippen LogP contribution in [0.3, 0.4) is 0 Å². The van der Waals surface area contributed by atoms with Gasteiger partial charge in [-0.25, -0.2) is 0 Å². The first kappa shape index (κ1) is 22.1. The molecule has 1 fully saturated rings. The number of anilines is 2. The van der Waals surface area contributed by atoms with Gasteiger partial charge in [0.1, 0.15) is 11.5 Å². The van der Waals surface area contributed by atoms with Crippen molar-refractivity contribution >= 4 is 39.1 Å². The van der Waals surface area contributed by atoms with Gasteiger partial charge in [0, 0.05) is 22.1 Å². The molecule has 0 atom stereocenters. The predicted octanol–water partition coefficient (Wildman–Crippen LogP) is 3.76. The molecule has 2 aromatic rings. The van der Waals surface area contributed by atoms with Crippen LogP contribution in [0.5, 0.6) is 11.5 Å². The minimum Gasteiger partial charge on any atom is -0.497 e. The molecular formula is C22H26BrN3O4. The number of ether oxygens (including phenoxy) is 2. The van der Waals surface area contributed by atoms with E-state index in [9.17, 15) is 9.59 Å². The van der Waals surface area contributed by atoms with Gasteiger partial charge in [-0.2, -0.15) is 0 Å². The van der Waals surface area contributed by atoms with E-state index in [1.807, 2.05) is 24.3 Å². The van der Waals surface area contributed by atoms with E-state index in [0.29, 0.717) is 30.3 Å². The van der Waals surface area contributed by atoms with Crippen LogP contribution in [0.25, 0.3) is 0 Å². The largest absolute Gasteiger partial charge is 0.497 e. The monoisotopic (exact) mass is 475 g/mol. The Labute approximate surface area is 184 Å². The van der Waals surface area contributed by atoms with Gasteiger partial charge in [0.2, 0.25) is 11.8 Å². The third kappa shape index (κ3) is 5.96. The minimum absolute atomic E-state index is 0.0279. The number of hydrogen-bond donors (Lipinski definition) is 2. The number of nitrogens with one attached hydrogen (secondary N) is 2. The Morgan fingerprint density at radius 2 is 1.83 bits per heavy atom. The van der Waals surface area contributed by atoms with Crippen LogP contribution in [0.2, 0.25) is 0 Å². The van der Waals surface area contributed by atoms with E-state index in [1.165, 1.54) is 0 Å². The molecule has 7 nitrogen and oxygen atoms in total. The Balaban J connectivity index is 1.47. The number of carbonyl (C=O) groups is 2. The first-order valence-electron chi connectivity index (χ1n) is 9.79. The van der Waals surface area contributed by atoms with E-state index in [0.717, 1.165) is 23.0 Å². The van der Waals surface area contributed by atoms with Crippen LogP contribution in [-0.4, -0.2) is 50.6 Å². The molecule has 160 valence electrons. The Kier molecular flexibility index (Phi) is 7.70. The maximum absolute atomic E-state index is 12.5. The van der Waals surface area contributed by atoms with Crippen LogP contribution >= 0.6 is 15.9 Å². The second-order valence-corrected chi connectivity index (χ2v) is 8.08. The van der Waals surface area contributed by atoms with Gasteiger partial charge in [0.05, 0.1) is 26.5 Å². The second-order valence-electron chi connectivity index (χ2n) is 7.16. The Bertz CT molecular complexity index is 898. The third-order valence-electron chi connectivity index (χ3n) is 5.10. The van der Waals surface area contributed by atoms with Crippen molar-refractivity contribution in [3.8, 4) is 11.5 Å². The Hall–Kier alpha value is -2.58. The zero-order valence-electron chi connectivity index (χ0n) is 17.1. The lowest BCUT2D eigenvalue weighted by Crippen LogP contribution is -2.41. The SMILES string of the molecule is COc1ccc(NC(=O)CN2CCC(C(=O)Nc3cccc(Br)c3)CC2)c(OC)c1. The normalized spacial score (nSPS) is 14.8. The molecule has 0 spiro atoms. The minimum atomic E-state index is -0.115. The summed E-state index contributed by atoms with van der Waals surface area (Å²) >= 11 is 3.41. The smallest absolute Gasteiger partial charge is 0.238 e. The van der Waals surface area contributed by atoms with E-state index in [4.69, 9.17) is 9.47 Å². The Morgan fingerprint density at radius 1 is 1.07 bits per heavy atom. The number of likely N-dealkylation sites (tertiary alicyclic amines) is 1. The fourth-order valence-corrected chi connectivity index (χ4v) is 3.86. The summed E-state index contributed by atoms with van der Waals surface area (Å²) in [5.41, 5.74) is 1.39. The summed E-state index contributed by atoms with van der Waals surface area (Å²) in [6.07, 6.45) is 1.44. The lowest BCUT2D eigenvalue weighted by Gasteiger charge is -2.30. The fourth-order valence-electron chi connectivity index (χ4n) is 3.46. The molecule has 3 rings (SSSR count). The van der Waals surface area contributed by atoms with Crippen molar-refractivity contribution in [1.82, 2.24) is 4.90 Å². The summed E-state index contributed by atoms with van der Waals surface area (Å²) in [6.45, 7) is 1.67. The molecule has 1 saturated heterocycles. The highest BCUT2D eigenvalue weighted by Crippen LogP contribution is 2.29. The topological polar surface area (TPSA) is 79.9 Å². The molecule has 0 radical (unpaired) electrons. The first-order valence-corrected chi connectivity index (χ1v) is 10.6. The fraction of sp³-hybridized carbons (Fsp3) is 0.364. The van der Waals surface area contributed by atoms with E-state index in [-0.39, 0.29) is 24.3 Å². The molecule has 1 aliphatic rings. The van der Waals surface area contributed by atoms with Crippen LogP contribution in [0.4, 0.5) is 11.4 Å². The summed E-state index contributed by atoms with van der Waals surface area (Å²) in [5, 5.41) is 5.86. The highest BCUT2D eigenvalue weighted by molar-refractivity contribution is 9.10. The number of carbonyl (C=O) groups excluding carboxylic acids is 2. The maximum Gasteiger partial charge on any atom is 0.238 e. The number of nitrogens with zero attached hydrogens (tertiary/aromatic N) is 1. The van der Waals surface area contributed by atoms with Gasteiger partial charge in [-0.15, -0.1) is 0 Å². The molecule has 0 bridgehead atoms. The van der Waals surface area contributed by atoms with Crippen molar-refractivity contribution in [3.63, 3.8) is 0 Å². The number of rotatable bonds is 7. The van der Waals surface area contributed by atoms with Gasteiger partial charge >= 0.3 is 0 Å². The average molecular weight is 476 g/mol. The van der Waals surface area contributed by atoms with Crippen LogP contribution in [0.1, 0.15) is 12.8 Å². The molecule has 0 aliphatic carbocycles. The highest BCUT2D eigenvalue weighted by Gasteiger charge is 2.26. The van der Waals surface area contributed by atoms with Gasteiger partial charge in [0.25, 0.3) is 0 Å². The van der Waals surface area contributed by atoms with Crippen molar-refractivity contribution in [2.45, 2.75) is 12.8 Å². The molecule has 30 heavy (non-hydrogen) atoms. The van der Waals surface area contributed by atoms with Crippen molar-refractivity contribution in [1.29, 1.82) is 0 Å². The van der Waals surface area contributed by atoms with Crippen LogP contribution in [0, 0.1) is 5.92 Å². The molecule has 1 aliphatic heterocycles. The van der Waals surface area contributed by atoms with E-state index >= 15 is 0 Å². The van der Waals surface area contributed by atoms with E-state index < -0.39 is 0 Å². The van der Waals surface area contributed by atoms with E-state index in [1.54, 1.807) is 32.4 Å². The number of hydrogen-bond acceptors (Lipinski definition) is 5. The van der Waals surface area contributed by atoms with Gasteiger partial charge in [0.15, 0.2) is 0 Å². The molecular weight excluding hydrogens is 450 g/mol. The Morgan fingerprint density at radius 3 is 2.50 bits per heavy atom. The van der Waals surface area contributed by atoms with Gasteiger partial charge < -0.3 is 20.1 Å². The summed E-state index contributed by atoms with van der Waals surface area (Å²) in [7, 11) is 3.13. The van der Waals surface area contributed by atoms with Crippen molar-refractivity contribution < 1.29 is 19.1 Å². The summed E-state index contributed by atoms with van der Waals surface area (Å²) in [6, 6.07) is 12.8. The molecule has 0 aromatic heterocycles. The number of piperidine rings is 1. The van der Waals surface area contributed by atoms with Crippen molar-refractivity contribution in [2.24, 2.45) is 5.92 Å². The second kappa shape index (κ2) is 10.4. The number of halogens is 1. The van der Waals surface area contributed by atoms with Crippen LogP contribution < -0.4 is 20.1 Å². The molecule has 8 heteroatoms. The summed E-state index contributed by atoms with van der Waals surface area (Å²) in [4.78, 5) is 27.1. The van der Waals surface area contributed by atoms with Gasteiger partial charge in [-0.1, -0.05) is 22.0 Å². The van der Waals surface area contributed by atoms with Crippen LogP contribution in [-0.2, 0) is 9.59 Å². The lowest BCUT2D eigenvalue weighted by molar-refractivity contribution is -0.121. The van der Waals surface area contributed by atoms with Gasteiger partial charge in [-0.05, 0) is 56.3 Å². The standard InChI is InChI=1S/C22H26BrN3O4/c1-29-18-6-7-19(20(13-18)30-2)25-21(27)14-26-10-8-15(9-11-26)22(28)24-17-5-3-4-16(23)12-17/h3-7,12-13,15H,8-11,14H2,1-2H3,(H,24,28)(H,25,27). The highest BCUT2D eigenvalue weighted by atomic mass is 79.9. The molecule has 2 N–H and O–H groups in total. The summed E-state index contributed by atoms with van der Waals surface area (Å²) in [5.74, 6) is 1.07. The molecule has 2 amide bonds. The molecule has 1 heterocycles. The van der Waals surface area contributed by atoms with E-state index in [2.05, 4.69) is 31.5 Å². The quantitative estimate of drug-likeness (QED) is 0.637. The number of amides is 2. The van der Waals surface area contributed by atoms with Crippen LogP contribution in [0.15, 0.2) is 46.9 Å². The van der Waals surface area contributed by atoms with Crippen molar-refractivity contribution in [2.75, 3.05) is 44.5 Å². The summed E-state index contributed by atoms with van der Waals surface area (Å²) < 4.78 is 11.4. The number of benzene rings is 2. The van der Waals surface area contributed by atoms with Crippen molar-refractivity contribution in [3.05, 3.63) is 46.9 Å². The zero-order chi connectivity index (χ0) is 21.5. The average Bonchev–Trinajstić information content (AvgIpc) is 2.74. The molecule has 0 unspecified atom stereocenters. The zero-order valence-corrected chi connectivity index (χ0v) is 18.7. The van der Waals surface area contributed by atoms with Gasteiger partial charge in [-0.3, -0.25) is 14.5 Å². The molecule has 0 saturated carbocycles. The first-order chi connectivity index (χ1) is 14.5. The third-order valence-corrected chi connectivity index (χ3v) is 5.59. The number of methoxy groups -OCH3 is 2. The molecule has 2 aromatic carbocycles.